The summed E-state index contributed by atoms with van der Waals surface area (Å²) in [7, 11) is 1.85. The summed E-state index contributed by atoms with van der Waals surface area (Å²) in [5, 5.41) is 12.6. The van der Waals surface area contributed by atoms with Gasteiger partial charge in [-0.2, -0.15) is 5.26 Å². The zero-order valence-electron chi connectivity index (χ0n) is 12.5. The molecule has 1 fully saturated rings. The van der Waals surface area contributed by atoms with Crippen molar-refractivity contribution in [3.63, 3.8) is 0 Å². The van der Waals surface area contributed by atoms with Crippen LogP contribution < -0.4 is 10.1 Å². The lowest BCUT2D eigenvalue weighted by Gasteiger charge is -2.26. The summed E-state index contributed by atoms with van der Waals surface area (Å²) < 4.78 is 5.83. The van der Waals surface area contributed by atoms with Gasteiger partial charge in [0.05, 0.1) is 6.07 Å². The molecule has 1 aliphatic carbocycles. The summed E-state index contributed by atoms with van der Waals surface area (Å²) >= 11 is 0. The van der Waals surface area contributed by atoms with Gasteiger partial charge in [0, 0.05) is 0 Å². The molecule has 0 spiro atoms. The molecule has 108 valence electrons. The van der Waals surface area contributed by atoms with Crippen LogP contribution in [0.2, 0.25) is 0 Å². The molecule has 20 heavy (non-hydrogen) atoms. The molecule has 1 aromatic carbocycles. The SMILES string of the molecule is CCCCc1ccc(OCC(C#N)(NC)C2CC2)cc1. The van der Waals surface area contributed by atoms with E-state index in [0.717, 1.165) is 25.0 Å². The molecule has 1 unspecified atom stereocenters. The minimum atomic E-state index is -0.527. The van der Waals surface area contributed by atoms with Crippen molar-refractivity contribution in [3.8, 4) is 11.8 Å². The van der Waals surface area contributed by atoms with Gasteiger partial charge in [-0.3, -0.25) is 5.32 Å². The quantitative estimate of drug-likeness (QED) is 0.789. The van der Waals surface area contributed by atoms with Crippen molar-refractivity contribution in [1.29, 1.82) is 5.26 Å². The number of unbranched alkanes of at least 4 members (excludes halogenated alkanes) is 1. The number of hydrogen-bond acceptors (Lipinski definition) is 3. The lowest BCUT2D eigenvalue weighted by atomic mass is 9.96. The van der Waals surface area contributed by atoms with E-state index in [9.17, 15) is 5.26 Å². The highest BCUT2D eigenvalue weighted by Crippen LogP contribution is 2.39. The number of benzene rings is 1. The fourth-order valence-corrected chi connectivity index (χ4v) is 2.48. The van der Waals surface area contributed by atoms with E-state index < -0.39 is 5.54 Å². The molecule has 1 aromatic rings. The number of rotatable bonds is 8. The van der Waals surface area contributed by atoms with Crippen molar-refractivity contribution in [2.24, 2.45) is 5.92 Å². The van der Waals surface area contributed by atoms with Gasteiger partial charge >= 0.3 is 0 Å². The Morgan fingerprint density at radius 2 is 2.05 bits per heavy atom. The Bertz CT molecular complexity index is 459. The first-order valence-corrected chi connectivity index (χ1v) is 7.56. The van der Waals surface area contributed by atoms with Crippen LogP contribution in [0.15, 0.2) is 24.3 Å². The van der Waals surface area contributed by atoms with Crippen molar-refractivity contribution in [2.75, 3.05) is 13.7 Å². The summed E-state index contributed by atoms with van der Waals surface area (Å²) in [4.78, 5) is 0. The highest BCUT2D eigenvalue weighted by Gasteiger charge is 2.45. The molecule has 1 aliphatic rings. The fourth-order valence-electron chi connectivity index (χ4n) is 2.48. The van der Waals surface area contributed by atoms with E-state index in [0.29, 0.717) is 12.5 Å². The van der Waals surface area contributed by atoms with E-state index in [1.807, 2.05) is 19.2 Å². The Labute approximate surface area is 121 Å². The first kappa shape index (κ1) is 14.9. The topological polar surface area (TPSA) is 45.0 Å². The number of likely N-dealkylation sites (N-methyl/N-ethyl adjacent to an activating group) is 1. The van der Waals surface area contributed by atoms with Crippen LogP contribution in [0.1, 0.15) is 38.2 Å². The average molecular weight is 272 g/mol. The second-order valence-corrected chi connectivity index (χ2v) is 5.64. The van der Waals surface area contributed by atoms with Gasteiger partial charge in [-0.25, -0.2) is 0 Å². The maximum atomic E-state index is 9.41. The average Bonchev–Trinajstić information content (AvgIpc) is 3.33. The number of nitrogens with zero attached hydrogens (tertiary/aromatic N) is 1. The molecule has 3 heteroatoms. The van der Waals surface area contributed by atoms with E-state index in [1.165, 1.54) is 18.4 Å². The Kier molecular flexibility index (Phi) is 5.03. The van der Waals surface area contributed by atoms with E-state index in [2.05, 4.69) is 30.4 Å². The normalized spacial score (nSPS) is 17.2. The Morgan fingerprint density at radius 1 is 1.35 bits per heavy atom. The minimum Gasteiger partial charge on any atom is -0.491 e. The van der Waals surface area contributed by atoms with Crippen LogP contribution in [0.5, 0.6) is 5.75 Å². The number of nitriles is 1. The molecule has 0 heterocycles. The van der Waals surface area contributed by atoms with Crippen molar-refractivity contribution in [1.82, 2.24) is 5.32 Å². The minimum absolute atomic E-state index is 0.416. The molecule has 1 N–H and O–H groups in total. The van der Waals surface area contributed by atoms with Crippen LogP contribution in [0.25, 0.3) is 0 Å². The van der Waals surface area contributed by atoms with Crippen LogP contribution in [0, 0.1) is 17.2 Å². The lowest BCUT2D eigenvalue weighted by molar-refractivity contribution is 0.211. The molecular weight excluding hydrogens is 248 g/mol. The third-order valence-electron chi connectivity index (χ3n) is 4.13. The molecular formula is C17H24N2O. The van der Waals surface area contributed by atoms with Crippen molar-refractivity contribution in [3.05, 3.63) is 29.8 Å². The van der Waals surface area contributed by atoms with Gasteiger partial charge in [-0.15, -0.1) is 0 Å². The Morgan fingerprint density at radius 3 is 2.55 bits per heavy atom. The molecule has 0 saturated heterocycles. The van der Waals surface area contributed by atoms with Gasteiger partial charge < -0.3 is 4.74 Å². The number of aryl methyl sites for hydroxylation is 1. The van der Waals surface area contributed by atoms with E-state index >= 15 is 0 Å². The monoisotopic (exact) mass is 272 g/mol. The van der Waals surface area contributed by atoms with Crippen LogP contribution in [-0.2, 0) is 6.42 Å². The van der Waals surface area contributed by atoms with Crippen LogP contribution in [-0.4, -0.2) is 19.2 Å². The van der Waals surface area contributed by atoms with Crippen molar-refractivity contribution < 1.29 is 4.74 Å². The molecule has 0 amide bonds. The molecule has 0 aliphatic heterocycles. The zero-order valence-corrected chi connectivity index (χ0v) is 12.5. The fraction of sp³-hybridized carbons (Fsp3) is 0.588. The molecule has 3 nitrogen and oxygen atoms in total. The number of hydrogen-bond donors (Lipinski definition) is 1. The lowest BCUT2D eigenvalue weighted by Crippen LogP contribution is -2.49. The smallest absolute Gasteiger partial charge is 0.143 e. The van der Waals surface area contributed by atoms with Gasteiger partial charge in [0.1, 0.15) is 17.9 Å². The van der Waals surface area contributed by atoms with Gasteiger partial charge in [-0.05, 0) is 56.3 Å². The molecule has 1 atom stereocenters. The van der Waals surface area contributed by atoms with Gasteiger partial charge in [0.25, 0.3) is 0 Å². The second-order valence-electron chi connectivity index (χ2n) is 5.64. The van der Waals surface area contributed by atoms with E-state index in [4.69, 9.17) is 4.74 Å². The first-order chi connectivity index (χ1) is 9.74. The summed E-state index contributed by atoms with van der Waals surface area (Å²) in [6, 6.07) is 10.7. The van der Waals surface area contributed by atoms with Crippen molar-refractivity contribution in [2.45, 2.75) is 44.6 Å². The predicted molar refractivity (Wildman–Crippen MR) is 80.7 cm³/mol. The van der Waals surface area contributed by atoms with Gasteiger partial charge in [0.15, 0.2) is 0 Å². The molecule has 1 saturated carbocycles. The van der Waals surface area contributed by atoms with E-state index in [-0.39, 0.29) is 0 Å². The van der Waals surface area contributed by atoms with Crippen molar-refractivity contribution >= 4 is 0 Å². The van der Waals surface area contributed by atoms with Crippen LogP contribution in [0.4, 0.5) is 0 Å². The third-order valence-corrected chi connectivity index (χ3v) is 4.13. The summed E-state index contributed by atoms with van der Waals surface area (Å²) in [6.45, 7) is 2.62. The van der Waals surface area contributed by atoms with Crippen LogP contribution in [0.3, 0.4) is 0 Å². The molecule has 0 bridgehead atoms. The summed E-state index contributed by atoms with van der Waals surface area (Å²) in [5.41, 5.74) is 0.822. The first-order valence-electron chi connectivity index (χ1n) is 7.56. The molecule has 2 rings (SSSR count). The maximum Gasteiger partial charge on any atom is 0.143 e. The Balaban J connectivity index is 1.91. The third kappa shape index (κ3) is 3.52. The highest BCUT2D eigenvalue weighted by molar-refractivity contribution is 5.28. The molecule has 0 radical (unpaired) electrons. The predicted octanol–water partition coefficient (Wildman–Crippen LogP) is 3.30. The zero-order chi connectivity index (χ0) is 14.4. The standard InChI is InChI=1S/C17H24N2O/c1-3-4-5-14-6-10-16(11-7-14)20-13-17(12-18,19-2)15-8-9-15/h6-7,10-11,15,19H,3-5,8-9,13H2,1-2H3. The molecule has 0 aromatic heterocycles. The second kappa shape index (κ2) is 6.76. The van der Waals surface area contributed by atoms with Gasteiger partial charge in [-0.1, -0.05) is 25.5 Å². The van der Waals surface area contributed by atoms with E-state index in [1.54, 1.807) is 0 Å². The largest absolute Gasteiger partial charge is 0.491 e. The highest BCUT2D eigenvalue weighted by atomic mass is 16.5. The summed E-state index contributed by atoms with van der Waals surface area (Å²) in [5.74, 6) is 1.28. The number of nitrogens with one attached hydrogen (secondary N) is 1. The van der Waals surface area contributed by atoms with Crippen LogP contribution >= 0.6 is 0 Å². The maximum absolute atomic E-state index is 9.41. The number of ether oxygens (including phenoxy) is 1. The Hall–Kier alpha value is -1.53. The van der Waals surface area contributed by atoms with Gasteiger partial charge in [0.2, 0.25) is 0 Å². The summed E-state index contributed by atoms with van der Waals surface area (Å²) in [6.07, 6.45) is 5.80.